The minimum Gasteiger partial charge on any atom is -0.340 e. The van der Waals surface area contributed by atoms with Crippen LogP contribution in [0, 0.1) is 5.92 Å². The molecule has 2 aliphatic carbocycles. The zero-order valence-electron chi connectivity index (χ0n) is 12.2. The fraction of sp³-hybridized carbons (Fsp3) is 0.867. The molecule has 19 heavy (non-hydrogen) atoms. The van der Waals surface area contributed by atoms with E-state index in [2.05, 4.69) is 12.2 Å². The smallest absolute Gasteiger partial charge is 0.249 e. The summed E-state index contributed by atoms with van der Waals surface area (Å²) in [5.74, 6) is 0.498. The van der Waals surface area contributed by atoms with Crippen molar-refractivity contribution in [1.82, 2.24) is 10.2 Å². The molecule has 2 atom stereocenters. The van der Waals surface area contributed by atoms with Crippen molar-refractivity contribution in [1.29, 1.82) is 0 Å². The van der Waals surface area contributed by atoms with E-state index in [0.717, 1.165) is 38.5 Å². The number of amides is 2. The van der Waals surface area contributed by atoms with Gasteiger partial charge in [-0.2, -0.15) is 0 Å². The van der Waals surface area contributed by atoms with E-state index in [1.807, 2.05) is 18.7 Å². The number of carbonyl (C=O) groups is 2. The van der Waals surface area contributed by atoms with Gasteiger partial charge in [0.05, 0.1) is 0 Å². The molecule has 106 valence electrons. The van der Waals surface area contributed by atoms with Crippen LogP contribution in [0.5, 0.6) is 0 Å². The molecule has 3 rings (SSSR count). The van der Waals surface area contributed by atoms with Crippen LogP contribution in [0.2, 0.25) is 0 Å². The van der Waals surface area contributed by atoms with Gasteiger partial charge in [0.15, 0.2) is 0 Å². The van der Waals surface area contributed by atoms with Gasteiger partial charge in [0.2, 0.25) is 11.8 Å². The molecule has 0 aromatic heterocycles. The molecular formula is C15H24N2O2. The summed E-state index contributed by atoms with van der Waals surface area (Å²) in [6.45, 7) is 5.94. The van der Waals surface area contributed by atoms with Crippen LogP contribution in [-0.2, 0) is 9.59 Å². The zero-order valence-corrected chi connectivity index (χ0v) is 12.2. The van der Waals surface area contributed by atoms with Crippen molar-refractivity contribution in [3.05, 3.63) is 0 Å². The molecule has 3 aliphatic rings. The van der Waals surface area contributed by atoms with Gasteiger partial charge in [-0.15, -0.1) is 0 Å². The van der Waals surface area contributed by atoms with E-state index >= 15 is 0 Å². The Hall–Kier alpha value is -1.06. The first kappa shape index (κ1) is 12.9. The van der Waals surface area contributed by atoms with Crippen molar-refractivity contribution in [3.63, 3.8) is 0 Å². The summed E-state index contributed by atoms with van der Waals surface area (Å²) >= 11 is 0. The maximum Gasteiger partial charge on any atom is 0.249 e. The average Bonchev–Trinajstić information content (AvgIpc) is 3.11. The molecule has 0 bridgehead atoms. The Morgan fingerprint density at radius 2 is 1.74 bits per heavy atom. The summed E-state index contributed by atoms with van der Waals surface area (Å²) in [7, 11) is 0. The molecule has 4 heteroatoms. The van der Waals surface area contributed by atoms with E-state index in [1.54, 1.807) is 0 Å². The number of piperazine rings is 1. The summed E-state index contributed by atoms with van der Waals surface area (Å²) in [5, 5.41) is 2.99. The normalized spacial score (nSPS) is 38.5. The first-order valence-electron chi connectivity index (χ1n) is 7.54. The third kappa shape index (κ3) is 1.79. The molecule has 1 aliphatic heterocycles. The Bertz CT molecular complexity index is 424. The van der Waals surface area contributed by atoms with Crippen LogP contribution in [0.3, 0.4) is 0 Å². The quantitative estimate of drug-likeness (QED) is 0.827. The number of hydrogen-bond acceptors (Lipinski definition) is 2. The number of carbonyl (C=O) groups excluding carboxylic acids is 2. The predicted molar refractivity (Wildman–Crippen MR) is 72.5 cm³/mol. The highest BCUT2D eigenvalue weighted by atomic mass is 16.2. The summed E-state index contributed by atoms with van der Waals surface area (Å²) in [6, 6.07) is -0.331. The molecule has 0 spiro atoms. The van der Waals surface area contributed by atoms with Gasteiger partial charge < -0.3 is 10.2 Å². The first-order valence-corrected chi connectivity index (χ1v) is 7.54. The molecule has 4 nitrogen and oxygen atoms in total. The second-order valence-corrected chi connectivity index (χ2v) is 7.02. The van der Waals surface area contributed by atoms with Crippen LogP contribution in [-0.4, -0.2) is 33.8 Å². The van der Waals surface area contributed by atoms with Gasteiger partial charge in [0, 0.05) is 5.54 Å². The Balaban J connectivity index is 1.96. The van der Waals surface area contributed by atoms with Crippen LogP contribution in [0.25, 0.3) is 0 Å². The lowest BCUT2D eigenvalue weighted by Crippen LogP contribution is -2.73. The molecule has 0 aromatic carbocycles. The fourth-order valence-corrected chi connectivity index (χ4v) is 3.98. The van der Waals surface area contributed by atoms with Crippen LogP contribution in [0.1, 0.15) is 59.3 Å². The third-order valence-electron chi connectivity index (χ3n) is 5.47. The van der Waals surface area contributed by atoms with E-state index in [1.165, 1.54) is 0 Å². The topological polar surface area (TPSA) is 49.4 Å². The lowest BCUT2D eigenvalue weighted by Gasteiger charge is -2.50. The monoisotopic (exact) mass is 264 g/mol. The molecule has 2 saturated carbocycles. The minimum atomic E-state index is -0.658. The Morgan fingerprint density at radius 3 is 2.26 bits per heavy atom. The minimum absolute atomic E-state index is 0.0159. The molecule has 0 radical (unpaired) electrons. The molecule has 1 saturated heterocycles. The highest BCUT2D eigenvalue weighted by Gasteiger charge is 2.57. The van der Waals surface area contributed by atoms with Crippen LogP contribution in [0.4, 0.5) is 0 Å². The van der Waals surface area contributed by atoms with Gasteiger partial charge in [-0.1, -0.05) is 12.8 Å². The van der Waals surface area contributed by atoms with E-state index < -0.39 is 5.54 Å². The molecule has 2 amide bonds. The zero-order chi connectivity index (χ0) is 13.8. The maximum absolute atomic E-state index is 13.0. The lowest BCUT2D eigenvalue weighted by molar-refractivity contribution is -0.161. The molecular weight excluding hydrogens is 240 g/mol. The Morgan fingerprint density at radius 1 is 1.16 bits per heavy atom. The Labute approximate surface area is 114 Å². The molecule has 0 aromatic rings. The van der Waals surface area contributed by atoms with Crippen LogP contribution >= 0.6 is 0 Å². The molecule has 2 unspecified atom stereocenters. The highest BCUT2D eigenvalue weighted by molar-refractivity contribution is 6.00. The van der Waals surface area contributed by atoms with Crippen molar-refractivity contribution in [2.75, 3.05) is 0 Å². The summed E-state index contributed by atoms with van der Waals surface area (Å²) in [5.41, 5.74) is -0.778. The van der Waals surface area contributed by atoms with Crippen molar-refractivity contribution >= 4 is 11.8 Å². The lowest BCUT2D eigenvalue weighted by atomic mass is 9.85. The van der Waals surface area contributed by atoms with E-state index in [0.29, 0.717) is 5.92 Å². The molecule has 3 fully saturated rings. The van der Waals surface area contributed by atoms with Gasteiger partial charge in [0.25, 0.3) is 0 Å². The van der Waals surface area contributed by atoms with E-state index in [-0.39, 0.29) is 23.4 Å². The van der Waals surface area contributed by atoms with E-state index in [4.69, 9.17) is 0 Å². The number of nitrogens with one attached hydrogen (secondary N) is 1. The highest BCUT2D eigenvalue weighted by Crippen LogP contribution is 2.45. The second kappa shape index (κ2) is 3.97. The summed E-state index contributed by atoms with van der Waals surface area (Å²) in [6.07, 6.45) is 6.49. The van der Waals surface area contributed by atoms with Crippen molar-refractivity contribution < 1.29 is 9.59 Å². The largest absolute Gasteiger partial charge is 0.340 e. The SMILES string of the molecule is CC1C(=O)NC(C)(C2CC2)C(=O)N1C1(C)CCCC1. The maximum atomic E-state index is 13.0. The standard InChI is InChI=1S/C15H24N2O2/c1-10-12(18)16-15(3,11-6-7-11)13(19)17(10)14(2)8-4-5-9-14/h10-11H,4-9H2,1-3H3,(H,16,18). The average molecular weight is 264 g/mol. The van der Waals surface area contributed by atoms with Crippen LogP contribution < -0.4 is 5.32 Å². The molecule has 1 heterocycles. The fourth-order valence-electron chi connectivity index (χ4n) is 3.98. The number of nitrogens with zero attached hydrogens (tertiary/aromatic N) is 1. The third-order valence-corrected chi connectivity index (χ3v) is 5.47. The van der Waals surface area contributed by atoms with Gasteiger partial charge in [0.1, 0.15) is 11.6 Å². The summed E-state index contributed by atoms with van der Waals surface area (Å²) < 4.78 is 0. The number of rotatable bonds is 2. The van der Waals surface area contributed by atoms with Gasteiger partial charge >= 0.3 is 0 Å². The molecule has 1 N–H and O–H groups in total. The van der Waals surface area contributed by atoms with Gasteiger partial charge in [-0.3, -0.25) is 9.59 Å². The van der Waals surface area contributed by atoms with E-state index in [9.17, 15) is 9.59 Å². The first-order chi connectivity index (χ1) is 8.88. The Kier molecular flexibility index (Phi) is 2.70. The van der Waals surface area contributed by atoms with Crippen LogP contribution in [0.15, 0.2) is 0 Å². The van der Waals surface area contributed by atoms with Gasteiger partial charge in [-0.05, 0) is 52.4 Å². The van der Waals surface area contributed by atoms with Crippen molar-refractivity contribution in [2.24, 2.45) is 5.92 Å². The second-order valence-electron chi connectivity index (χ2n) is 7.02. The van der Waals surface area contributed by atoms with Gasteiger partial charge in [-0.25, -0.2) is 0 Å². The predicted octanol–water partition coefficient (Wildman–Crippen LogP) is 1.83. The number of hydrogen-bond donors (Lipinski definition) is 1. The van der Waals surface area contributed by atoms with Crippen molar-refractivity contribution in [3.8, 4) is 0 Å². The van der Waals surface area contributed by atoms with Crippen molar-refractivity contribution in [2.45, 2.75) is 76.4 Å². The summed E-state index contributed by atoms with van der Waals surface area (Å²) in [4.78, 5) is 27.2.